The monoisotopic (exact) mass is 255 g/mol. The Morgan fingerprint density at radius 2 is 2.53 bits per heavy atom. The second kappa shape index (κ2) is 5.80. The molecule has 1 fully saturated rings. The van der Waals surface area contributed by atoms with Crippen molar-refractivity contribution in [2.45, 2.75) is 32.4 Å². The van der Waals surface area contributed by atoms with E-state index in [4.69, 9.17) is 0 Å². The SMILES string of the molecule is CC(NCc1csc(=O)[nH]1)C1CCCN(C)C1. The number of rotatable bonds is 4. The van der Waals surface area contributed by atoms with Crippen molar-refractivity contribution in [3.05, 3.63) is 20.7 Å². The molecule has 0 radical (unpaired) electrons. The first-order chi connectivity index (χ1) is 8.15. The molecule has 0 aliphatic carbocycles. The largest absolute Gasteiger partial charge is 0.315 e. The molecule has 5 heteroatoms. The second-order valence-electron chi connectivity index (χ2n) is 5.01. The van der Waals surface area contributed by atoms with E-state index in [1.54, 1.807) is 0 Å². The average Bonchev–Trinajstić information content (AvgIpc) is 2.72. The van der Waals surface area contributed by atoms with E-state index in [2.05, 4.69) is 29.2 Å². The first-order valence-corrected chi connectivity index (χ1v) is 7.11. The van der Waals surface area contributed by atoms with E-state index in [1.165, 1.54) is 37.3 Å². The molecule has 4 nitrogen and oxygen atoms in total. The molecule has 2 heterocycles. The summed E-state index contributed by atoms with van der Waals surface area (Å²) in [5.41, 5.74) is 0.996. The fraction of sp³-hybridized carbons (Fsp3) is 0.750. The van der Waals surface area contributed by atoms with Gasteiger partial charge in [0, 0.05) is 30.2 Å². The van der Waals surface area contributed by atoms with E-state index in [0.717, 1.165) is 18.2 Å². The molecule has 1 aromatic rings. The molecule has 0 saturated carbocycles. The van der Waals surface area contributed by atoms with E-state index in [-0.39, 0.29) is 4.87 Å². The van der Waals surface area contributed by atoms with E-state index >= 15 is 0 Å². The van der Waals surface area contributed by atoms with Gasteiger partial charge >= 0.3 is 4.87 Å². The molecule has 96 valence electrons. The normalized spacial score (nSPS) is 23.8. The summed E-state index contributed by atoms with van der Waals surface area (Å²) in [6, 6.07) is 0.501. The summed E-state index contributed by atoms with van der Waals surface area (Å²) in [5.74, 6) is 0.721. The van der Waals surface area contributed by atoms with Gasteiger partial charge in [0.15, 0.2) is 0 Å². The highest BCUT2D eigenvalue weighted by Gasteiger charge is 2.22. The molecule has 0 spiro atoms. The smallest absolute Gasteiger partial charge is 0.304 e. The van der Waals surface area contributed by atoms with Crippen LogP contribution in [0.3, 0.4) is 0 Å². The highest BCUT2D eigenvalue weighted by atomic mass is 32.1. The second-order valence-corrected chi connectivity index (χ2v) is 5.85. The standard InChI is InChI=1S/C12H21N3OS/c1-9(10-4-3-5-15(2)7-10)13-6-11-8-17-12(16)14-11/h8-10,13H,3-7H2,1-2H3,(H,14,16). The Bertz CT molecular complexity index is 400. The van der Waals surface area contributed by atoms with Crippen LogP contribution in [-0.2, 0) is 6.54 Å². The van der Waals surface area contributed by atoms with Crippen LogP contribution in [0.15, 0.2) is 10.2 Å². The van der Waals surface area contributed by atoms with Crippen LogP contribution in [0.2, 0.25) is 0 Å². The Kier molecular flexibility index (Phi) is 4.36. The molecule has 0 amide bonds. The molecule has 2 N–H and O–H groups in total. The maximum absolute atomic E-state index is 11.0. The zero-order valence-electron chi connectivity index (χ0n) is 10.5. The highest BCUT2D eigenvalue weighted by Crippen LogP contribution is 2.18. The lowest BCUT2D eigenvalue weighted by molar-refractivity contribution is 0.178. The van der Waals surface area contributed by atoms with E-state index in [1.807, 2.05) is 5.38 Å². The van der Waals surface area contributed by atoms with Gasteiger partial charge in [0.1, 0.15) is 0 Å². The Balaban J connectivity index is 1.80. The van der Waals surface area contributed by atoms with Crippen molar-refractivity contribution in [1.29, 1.82) is 0 Å². The predicted molar refractivity (Wildman–Crippen MR) is 71.5 cm³/mol. The van der Waals surface area contributed by atoms with Crippen LogP contribution < -0.4 is 10.2 Å². The van der Waals surface area contributed by atoms with Crippen molar-refractivity contribution in [1.82, 2.24) is 15.2 Å². The zero-order chi connectivity index (χ0) is 12.3. The lowest BCUT2D eigenvalue weighted by Crippen LogP contribution is -2.42. The lowest BCUT2D eigenvalue weighted by atomic mass is 9.92. The molecular weight excluding hydrogens is 234 g/mol. The number of nitrogens with zero attached hydrogens (tertiary/aromatic N) is 1. The van der Waals surface area contributed by atoms with E-state index < -0.39 is 0 Å². The van der Waals surface area contributed by atoms with Crippen LogP contribution in [0.5, 0.6) is 0 Å². The minimum atomic E-state index is 0.0341. The molecule has 0 aromatic carbocycles. The van der Waals surface area contributed by atoms with Crippen LogP contribution in [0.25, 0.3) is 0 Å². The maximum atomic E-state index is 11.0. The molecule has 2 atom stereocenters. The lowest BCUT2D eigenvalue weighted by Gasteiger charge is -2.33. The molecule has 1 saturated heterocycles. The summed E-state index contributed by atoms with van der Waals surface area (Å²) >= 11 is 1.23. The number of aromatic amines is 1. The van der Waals surface area contributed by atoms with Crippen LogP contribution >= 0.6 is 11.3 Å². The first-order valence-electron chi connectivity index (χ1n) is 6.24. The summed E-state index contributed by atoms with van der Waals surface area (Å²) in [7, 11) is 2.19. The molecule has 2 rings (SSSR count). The summed E-state index contributed by atoms with van der Waals surface area (Å²) in [4.78, 5) is 16.3. The highest BCUT2D eigenvalue weighted by molar-refractivity contribution is 7.07. The molecule has 1 aliphatic rings. The van der Waals surface area contributed by atoms with Gasteiger partial charge in [0.05, 0.1) is 0 Å². The van der Waals surface area contributed by atoms with Gasteiger partial charge in [-0.15, -0.1) is 0 Å². The topological polar surface area (TPSA) is 48.1 Å². The van der Waals surface area contributed by atoms with Crippen LogP contribution in [0, 0.1) is 5.92 Å². The quantitative estimate of drug-likeness (QED) is 0.851. The molecule has 17 heavy (non-hydrogen) atoms. The summed E-state index contributed by atoms with van der Waals surface area (Å²) < 4.78 is 0. The molecule has 1 aliphatic heterocycles. The number of hydrogen-bond acceptors (Lipinski definition) is 4. The van der Waals surface area contributed by atoms with Gasteiger partial charge in [-0.05, 0) is 39.3 Å². The predicted octanol–water partition coefficient (Wildman–Crippen LogP) is 1.26. The Hall–Kier alpha value is -0.650. The third-order valence-electron chi connectivity index (χ3n) is 3.55. The number of piperidine rings is 1. The minimum Gasteiger partial charge on any atom is -0.315 e. The number of hydrogen-bond donors (Lipinski definition) is 2. The number of thiazole rings is 1. The summed E-state index contributed by atoms with van der Waals surface area (Å²) in [6.45, 7) is 5.41. The van der Waals surface area contributed by atoms with Crippen molar-refractivity contribution >= 4 is 11.3 Å². The molecule has 2 unspecified atom stereocenters. The van der Waals surface area contributed by atoms with Crippen molar-refractivity contribution < 1.29 is 0 Å². The van der Waals surface area contributed by atoms with Crippen molar-refractivity contribution in [3.8, 4) is 0 Å². The number of aromatic nitrogens is 1. The van der Waals surface area contributed by atoms with E-state index in [0.29, 0.717) is 6.04 Å². The van der Waals surface area contributed by atoms with Crippen molar-refractivity contribution in [2.75, 3.05) is 20.1 Å². The number of nitrogens with one attached hydrogen (secondary N) is 2. The Morgan fingerprint density at radius 3 is 3.18 bits per heavy atom. The first kappa shape index (κ1) is 12.8. The van der Waals surface area contributed by atoms with E-state index in [9.17, 15) is 4.79 Å². The van der Waals surface area contributed by atoms with Gasteiger partial charge in [-0.1, -0.05) is 11.3 Å². The molecular formula is C12H21N3OS. The third kappa shape index (κ3) is 3.66. The number of H-pyrrole nitrogens is 1. The van der Waals surface area contributed by atoms with Gasteiger partial charge in [-0.3, -0.25) is 4.79 Å². The average molecular weight is 255 g/mol. The zero-order valence-corrected chi connectivity index (χ0v) is 11.3. The van der Waals surface area contributed by atoms with Gasteiger partial charge < -0.3 is 15.2 Å². The maximum Gasteiger partial charge on any atom is 0.304 e. The fourth-order valence-electron chi connectivity index (χ4n) is 2.45. The third-order valence-corrected chi connectivity index (χ3v) is 4.27. The van der Waals surface area contributed by atoms with Crippen LogP contribution in [0.1, 0.15) is 25.5 Å². The summed E-state index contributed by atoms with van der Waals surface area (Å²) in [5, 5.41) is 5.41. The van der Waals surface area contributed by atoms with Crippen LogP contribution in [-0.4, -0.2) is 36.1 Å². The van der Waals surface area contributed by atoms with Crippen LogP contribution in [0.4, 0.5) is 0 Å². The van der Waals surface area contributed by atoms with Gasteiger partial charge in [0.25, 0.3) is 0 Å². The Labute approximate surface area is 106 Å². The van der Waals surface area contributed by atoms with Crippen molar-refractivity contribution in [2.24, 2.45) is 5.92 Å². The molecule has 0 bridgehead atoms. The van der Waals surface area contributed by atoms with Gasteiger partial charge in [0.2, 0.25) is 0 Å². The molecule has 1 aromatic heterocycles. The van der Waals surface area contributed by atoms with Gasteiger partial charge in [-0.25, -0.2) is 0 Å². The number of likely N-dealkylation sites (tertiary alicyclic amines) is 1. The fourth-order valence-corrected chi connectivity index (χ4v) is 3.03. The van der Waals surface area contributed by atoms with Crippen molar-refractivity contribution in [3.63, 3.8) is 0 Å². The summed E-state index contributed by atoms with van der Waals surface area (Å²) in [6.07, 6.45) is 2.60. The van der Waals surface area contributed by atoms with Gasteiger partial charge in [-0.2, -0.15) is 0 Å². The minimum absolute atomic E-state index is 0.0341. The Morgan fingerprint density at radius 1 is 1.71 bits per heavy atom.